The van der Waals surface area contributed by atoms with Crippen molar-refractivity contribution in [2.45, 2.75) is 13.2 Å². The highest BCUT2D eigenvalue weighted by Crippen LogP contribution is 2.39. The molecule has 0 spiro atoms. The normalized spacial score (nSPS) is 11.8. The average Bonchev–Trinajstić information content (AvgIpc) is 2.94. The summed E-state index contributed by atoms with van der Waals surface area (Å²) in [5, 5.41) is 2.66. The van der Waals surface area contributed by atoms with E-state index in [2.05, 4.69) is 11.9 Å². The number of benzene rings is 4. The molecule has 1 aliphatic carbocycles. The second-order valence-corrected chi connectivity index (χ2v) is 8.48. The molecule has 5 rings (SSSR count). The molecule has 0 bridgehead atoms. The summed E-state index contributed by atoms with van der Waals surface area (Å²) < 4.78 is 12.1. The number of fused-ring (bicyclic) bond motifs is 2. The van der Waals surface area contributed by atoms with E-state index in [1.165, 1.54) is 6.07 Å². The van der Waals surface area contributed by atoms with Crippen LogP contribution in [0.4, 0.5) is 5.69 Å². The average molecular weight is 490 g/mol. The lowest BCUT2D eigenvalue weighted by molar-refractivity contribution is -0.111. The van der Waals surface area contributed by atoms with Crippen LogP contribution in [0.25, 0.3) is 0 Å². The summed E-state index contributed by atoms with van der Waals surface area (Å²) in [6.07, 6.45) is 1.13. The first-order valence-corrected chi connectivity index (χ1v) is 11.7. The second-order valence-electron chi connectivity index (χ2n) is 8.48. The molecule has 0 heterocycles. The minimum atomic E-state index is -0.444. The Labute approximate surface area is 214 Å². The summed E-state index contributed by atoms with van der Waals surface area (Å²) in [6.45, 7) is 3.89. The van der Waals surface area contributed by atoms with Crippen molar-refractivity contribution in [1.29, 1.82) is 0 Å². The highest BCUT2D eigenvalue weighted by atomic mass is 16.5. The molecule has 1 N–H and O–H groups in total. The Morgan fingerprint density at radius 3 is 1.92 bits per heavy atom. The van der Waals surface area contributed by atoms with E-state index in [0.29, 0.717) is 11.4 Å². The molecule has 6 heteroatoms. The molecular weight excluding hydrogens is 466 g/mol. The number of amides is 1. The van der Waals surface area contributed by atoms with Gasteiger partial charge in [-0.1, -0.05) is 79.4 Å². The number of ether oxygens (including phenoxy) is 2. The van der Waals surface area contributed by atoms with Crippen LogP contribution in [0.3, 0.4) is 0 Å². The van der Waals surface area contributed by atoms with Crippen LogP contribution in [-0.2, 0) is 18.0 Å². The molecule has 1 amide bonds. The fraction of sp³-hybridized carbons (Fsp3) is 0.0645. The van der Waals surface area contributed by atoms with Gasteiger partial charge >= 0.3 is 0 Å². The standard InChI is InChI=1S/C31H23NO5/c1-2-27(33)32-22-16-24-29(26(17-22)37-19-21-12-7-4-8-13-21)31(35)28-23(30(24)34)14-9-15-25(28)36-18-20-10-5-3-6-11-20/h2-17H,1,18-19H2,(H,32,33). The van der Waals surface area contributed by atoms with Crippen LogP contribution in [0, 0.1) is 0 Å². The number of carbonyl (C=O) groups is 3. The molecule has 0 fully saturated rings. The molecule has 0 saturated carbocycles. The van der Waals surface area contributed by atoms with E-state index in [0.717, 1.165) is 17.2 Å². The van der Waals surface area contributed by atoms with Gasteiger partial charge in [0.25, 0.3) is 0 Å². The maximum absolute atomic E-state index is 13.9. The summed E-state index contributed by atoms with van der Waals surface area (Å²) in [5.41, 5.74) is 2.88. The molecule has 0 aromatic heterocycles. The van der Waals surface area contributed by atoms with Gasteiger partial charge in [0.2, 0.25) is 11.7 Å². The second kappa shape index (κ2) is 10.3. The van der Waals surface area contributed by atoms with Crippen molar-refractivity contribution in [2.24, 2.45) is 0 Å². The first kappa shape index (κ1) is 23.8. The maximum atomic E-state index is 13.9. The van der Waals surface area contributed by atoms with Crippen molar-refractivity contribution in [3.63, 3.8) is 0 Å². The van der Waals surface area contributed by atoms with Crippen LogP contribution < -0.4 is 14.8 Å². The Kier molecular flexibility index (Phi) is 6.64. The van der Waals surface area contributed by atoms with Gasteiger partial charge in [0.15, 0.2) is 5.78 Å². The molecule has 182 valence electrons. The van der Waals surface area contributed by atoms with E-state index in [-0.39, 0.29) is 52.8 Å². The zero-order chi connectivity index (χ0) is 25.8. The van der Waals surface area contributed by atoms with Gasteiger partial charge < -0.3 is 14.8 Å². The zero-order valence-corrected chi connectivity index (χ0v) is 19.9. The summed E-state index contributed by atoms with van der Waals surface area (Å²) in [7, 11) is 0. The van der Waals surface area contributed by atoms with E-state index in [1.54, 1.807) is 24.3 Å². The molecule has 1 aliphatic rings. The molecule has 4 aromatic rings. The maximum Gasteiger partial charge on any atom is 0.247 e. The number of rotatable bonds is 8. The molecule has 4 aromatic carbocycles. The molecule has 37 heavy (non-hydrogen) atoms. The lowest BCUT2D eigenvalue weighted by Crippen LogP contribution is -2.23. The number of nitrogens with one attached hydrogen (secondary N) is 1. The predicted molar refractivity (Wildman–Crippen MR) is 140 cm³/mol. The Morgan fingerprint density at radius 2 is 1.30 bits per heavy atom. The lowest BCUT2D eigenvalue weighted by Gasteiger charge is -2.23. The van der Waals surface area contributed by atoms with E-state index in [9.17, 15) is 14.4 Å². The molecule has 0 radical (unpaired) electrons. The van der Waals surface area contributed by atoms with Crippen molar-refractivity contribution < 1.29 is 23.9 Å². The van der Waals surface area contributed by atoms with Gasteiger partial charge in [-0.05, 0) is 29.3 Å². The van der Waals surface area contributed by atoms with Crippen LogP contribution in [0.1, 0.15) is 43.0 Å². The Morgan fingerprint density at radius 1 is 0.703 bits per heavy atom. The van der Waals surface area contributed by atoms with Crippen molar-refractivity contribution in [3.05, 3.63) is 137 Å². The molecule has 0 unspecified atom stereocenters. The Hall–Kier alpha value is -4.97. The van der Waals surface area contributed by atoms with Crippen LogP contribution >= 0.6 is 0 Å². The van der Waals surface area contributed by atoms with Crippen LogP contribution in [0.15, 0.2) is 104 Å². The van der Waals surface area contributed by atoms with Gasteiger partial charge in [-0.15, -0.1) is 0 Å². The van der Waals surface area contributed by atoms with E-state index < -0.39 is 5.91 Å². The van der Waals surface area contributed by atoms with Crippen molar-refractivity contribution in [2.75, 3.05) is 5.32 Å². The van der Waals surface area contributed by atoms with Crippen molar-refractivity contribution >= 4 is 23.2 Å². The third-order valence-electron chi connectivity index (χ3n) is 6.00. The molecular formula is C31H23NO5. The van der Waals surface area contributed by atoms with E-state index in [1.807, 2.05) is 60.7 Å². The largest absolute Gasteiger partial charge is 0.488 e. The minimum Gasteiger partial charge on any atom is -0.488 e. The highest BCUT2D eigenvalue weighted by molar-refractivity contribution is 6.30. The zero-order valence-electron chi connectivity index (χ0n) is 19.9. The summed E-state index contributed by atoms with van der Waals surface area (Å²) in [5.74, 6) is -0.654. The fourth-order valence-corrected chi connectivity index (χ4v) is 4.22. The minimum absolute atomic E-state index is 0.140. The van der Waals surface area contributed by atoms with Gasteiger partial charge in [0, 0.05) is 22.9 Å². The molecule has 0 saturated heterocycles. The van der Waals surface area contributed by atoms with E-state index >= 15 is 0 Å². The summed E-state index contributed by atoms with van der Waals surface area (Å²) in [4.78, 5) is 39.5. The van der Waals surface area contributed by atoms with Crippen LogP contribution in [-0.4, -0.2) is 17.5 Å². The third-order valence-corrected chi connectivity index (χ3v) is 6.00. The molecule has 0 atom stereocenters. The number of carbonyl (C=O) groups excluding carboxylic acids is 3. The molecule has 0 aliphatic heterocycles. The molecule has 6 nitrogen and oxygen atoms in total. The third kappa shape index (κ3) is 4.90. The first-order chi connectivity index (χ1) is 18.0. The fourth-order valence-electron chi connectivity index (χ4n) is 4.22. The number of ketones is 2. The van der Waals surface area contributed by atoms with Gasteiger partial charge in [-0.2, -0.15) is 0 Å². The Bertz CT molecular complexity index is 1510. The first-order valence-electron chi connectivity index (χ1n) is 11.7. The van der Waals surface area contributed by atoms with Crippen LogP contribution in [0.5, 0.6) is 11.5 Å². The van der Waals surface area contributed by atoms with Gasteiger partial charge in [-0.3, -0.25) is 14.4 Å². The van der Waals surface area contributed by atoms with Gasteiger partial charge in [0.05, 0.1) is 11.1 Å². The number of hydrogen-bond acceptors (Lipinski definition) is 5. The number of hydrogen-bond donors (Lipinski definition) is 1. The number of anilines is 1. The van der Waals surface area contributed by atoms with Crippen molar-refractivity contribution in [1.82, 2.24) is 0 Å². The van der Waals surface area contributed by atoms with Crippen LogP contribution in [0.2, 0.25) is 0 Å². The SMILES string of the molecule is C=CC(=O)Nc1cc(OCc2ccccc2)c2c(c1)C(=O)c1cccc(OCc3ccccc3)c1C2=O. The monoisotopic (exact) mass is 489 g/mol. The summed E-state index contributed by atoms with van der Waals surface area (Å²) >= 11 is 0. The quantitative estimate of drug-likeness (QED) is 0.281. The lowest BCUT2D eigenvalue weighted by atomic mass is 9.82. The van der Waals surface area contributed by atoms with Crippen molar-refractivity contribution in [3.8, 4) is 11.5 Å². The summed E-state index contributed by atoms with van der Waals surface area (Å²) in [6, 6.07) is 27.0. The predicted octanol–water partition coefficient (Wildman–Crippen LogP) is 5.74. The smallest absolute Gasteiger partial charge is 0.247 e. The Balaban J connectivity index is 1.56. The van der Waals surface area contributed by atoms with Gasteiger partial charge in [0.1, 0.15) is 24.7 Å². The topological polar surface area (TPSA) is 81.7 Å². The van der Waals surface area contributed by atoms with Gasteiger partial charge in [-0.25, -0.2) is 0 Å². The highest BCUT2D eigenvalue weighted by Gasteiger charge is 2.35. The van der Waals surface area contributed by atoms with E-state index in [4.69, 9.17) is 9.47 Å².